The van der Waals surface area contributed by atoms with Gasteiger partial charge in [-0.15, -0.1) is 0 Å². The van der Waals surface area contributed by atoms with Crippen molar-refractivity contribution in [2.75, 3.05) is 20.1 Å². The van der Waals surface area contributed by atoms with Gasteiger partial charge in [-0.05, 0) is 20.4 Å². The summed E-state index contributed by atoms with van der Waals surface area (Å²) in [5, 5.41) is 8.27. The van der Waals surface area contributed by atoms with E-state index in [9.17, 15) is 9.59 Å². The van der Waals surface area contributed by atoms with Crippen molar-refractivity contribution in [1.82, 2.24) is 16.0 Å². The van der Waals surface area contributed by atoms with Crippen molar-refractivity contribution in [3.63, 3.8) is 0 Å². The Hall–Kier alpha value is -1.10. The van der Waals surface area contributed by atoms with Gasteiger partial charge < -0.3 is 16.0 Å². The average molecular weight is 215 g/mol. The first kappa shape index (κ1) is 13.9. The number of amides is 2. The highest BCUT2D eigenvalue weighted by atomic mass is 16.2. The van der Waals surface area contributed by atoms with Crippen molar-refractivity contribution >= 4 is 11.8 Å². The largest absolute Gasteiger partial charge is 0.359 e. The third kappa shape index (κ3) is 5.37. The SMILES string of the molecule is CCNC(C)(C)C(=O)NCCC(=O)NC. The van der Waals surface area contributed by atoms with Gasteiger partial charge in [0, 0.05) is 20.0 Å². The molecule has 0 spiro atoms. The van der Waals surface area contributed by atoms with E-state index in [2.05, 4.69) is 16.0 Å². The van der Waals surface area contributed by atoms with Crippen molar-refractivity contribution in [2.24, 2.45) is 0 Å². The Balaban J connectivity index is 3.88. The minimum Gasteiger partial charge on any atom is -0.359 e. The molecule has 3 N–H and O–H groups in total. The summed E-state index contributed by atoms with van der Waals surface area (Å²) in [7, 11) is 1.58. The lowest BCUT2D eigenvalue weighted by Crippen LogP contribution is -2.52. The third-order valence-electron chi connectivity index (χ3n) is 2.10. The lowest BCUT2D eigenvalue weighted by Gasteiger charge is -2.24. The number of nitrogens with one attached hydrogen (secondary N) is 3. The van der Waals surface area contributed by atoms with Crippen LogP contribution >= 0.6 is 0 Å². The van der Waals surface area contributed by atoms with Crippen LogP contribution in [-0.2, 0) is 9.59 Å². The zero-order valence-electron chi connectivity index (χ0n) is 9.94. The van der Waals surface area contributed by atoms with Gasteiger partial charge in [0.15, 0.2) is 0 Å². The summed E-state index contributed by atoms with van der Waals surface area (Å²) in [5.74, 6) is -0.162. The standard InChI is InChI=1S/C10H21N3O2/c1-5-13-10(2,3)9(15)12-7-6-8(14)11-4/h13H,5-7H2,1-4H3,(H,11,14)(H,12,15). The Morgan fingerprint density at radius 3 is 2.33 bits per heavy atom. The molecule has 0 aliphatic heterocycles. The predicted octanol–water partition coefficient (Wildman–Crippen LogP) is -0.373. The molecule has 0 fully saturated rings. The van der Waals surface area contributed by atoms with Gasteiger partial charge in [-0.1, -0.05) is 6.92 Å². The van der Waals surface area contributed by atoms with Crippen molar-refractivity contribution in [3.05, 3.63) is 0 Å². The third-order valence-corrected chi connectivity index (χ3v) is 2.10. The van der Waals surface area contributed by atoms with Gasteiger partial charge in [-0.3, -0.25) is 9.59 Å². The second kappa shape index (κ2) is 6.40. The molecule has 0 aromatic heterocycles. The quantitative estimate of drug-likeness (QED) is 0.566. The summed E-state index contributed by atoms with van der Waals surface area (Å²) in [5.41, 5.74) is -0.586. The van der Waals surface area contributed by atoms with E-state index in [1.807, 2.05) is 20.8 Å². The molecular weight excluding hydrogens is 194 g/mol. The first-order valence-corrected chi connectivity index (χ1v) is 5.18. The van der Waals surface area contributed by atoms with E-state index >= 15 is 0 Å². The maximum atomic E-state index is 11.6. The van der Waals surface area contributed by atoms with Crippen LogP contribution in [-0.4, -0.2) is 37.5 Å². The van der Waals surface area contributed by atoms with Crippen LogP contribution in [0, 0.1) is 0 Å². The van der Waals surface area contributed by atoms with E-state index in [0.29, 0.717) is 13.0 Å². The molecule has 0 unspecified atom stereocenters. The highest BCUT2D eigenvalue weighted by molar-refractivity contribution is 5.86. The van der Waals surface area contributed by atoms with E-state index in [-0.39, 0.29) is 11.8 Å². The van der Waals surface area contributed by atoms with Gasteiger partial charge >= 0.3 is 0 Å². The number of rotatable bonds is 6. The Morgan fingerprint density at radius 1 is 1.27 bits per heavy atom. The zero-order chi connectivity index (χ0) is 11.9. The summed E-state index contributed by atoms with van der Waals surface area (Å²) >= 11 is 0. The minimum absolute atomic E-state index is 0.0726. The highest BCUT2D eigenvalue weighted by Crippen LogP contribution is 2.00. The number of carbonyl (C=O) groups is 2. The van der Waals surface area contributed by atoms with Crippen LogP contribution in [0.5, 0.6) is 0 Å². The van der Waals surface area contributed by atoms with Gasteiger partial charge in [-0.2, -0.15) is 0 Å². The zero-order valence-corrected chi connectivity index (χ0v) is 9.94. The number of hydrogen-bond acceptors (Lipinski definition) is 3. The fourth-order valence-electron chi connectivity index (χ4n) is 1.16. The fourth-order valence-corrected chi connectivity index (χ4v) is 1.16. The van der Waals surface area contributed by atoms with Crippen LogP contribution in [0.2, 0.25) is 0 Å². The second-order valence-corrected chi connectivity index (χ2v) is 3.83. The van der Waals surface area contributed by atoms with Gasteiger partial charge in [-0.25, -0.2) is 0 Å². The summed E-state index contributed by atoms with van der Waals surface area (Å²) in [6.45, 7) is 6.67. The smallest absolute Gasteiger partial charge is 0.239 e. The summed E-state index contributed by atoms with van der Waals surface area (Å²) in [6.07, 6.45) is 0.310. The van der Waals surface area contributed by atoms with E-state index in [4.69, 9.17) is 0 Å². The van der Waals surface area contributed by atoms with Gasteiger partial charge in [0.05, 0.1) is 5.54 Å². The van der Waals surface area contributed by atoms with Gasteiger partial charge in [0.1, 0.15) is 0 Å². The fraction of sp³-hybridized carbons (Fsp3) is 0.800. The topological polar surface area (TPSA) is 70.2 Å². The lowest BCUT2D eigenvalue weighted by atomic mass is 10.0. The number of carbonyl (C=O) groups excluding carboxylic acids is 2. The Labute approximate surface area is 91.0 Å². The van der Waals surface area contributed by atoms with Crippen LogP contribution in [0.1, 0.15) is 27.2 Å². The molecule has 5 heteroatoms. The molecule has 0 aromatic carbocycles. The van der Waals surface area contributed by atoms with Gasteiger partial charge in [0.2, 0.25) is 11.8 Å². The molecule has 0 saturated carbocycles. The van der Waals surface area contributed by atoms with E-state index < -0.39 is 5.54 Å². The molecule has 0 heterocycles. The molecule has 0 bridgehead atoms. The van der Waals surface area contributed by atoms with Crippen molar-refractivity contribution < 1.29 is 9.59 Å². The normalized spacial score (nSPS) is 10.9. The maximum Gasteiger partial charge on any atom is 0.239 e. The van der Waals surface area contributed by atoms with Crippen molar-refractivity contribution in [1.29, 1.82) is 0 Å². The van der Waals surface area contributed by atoms with E-state index in [0.717, 1.165) is 6.54 Å². The monoisotopic (exact) mass is 215 g/mol. The molecule has 88 valence electrons. The number of hydrogen-bond donors (Lipinski definition) is 3. The molecule has 0 saturated heterocycles. The maximum absolute atomic E-state index is 11.6. The van der Waals surface area contributed by atoms with E-state index in [1.54, 1.807) is 7.05 Å². The lowest BCUT2D eigenvalue weighted by molar-refractivity contribution is -0.126. The minimum atomic E-state index is -0.586. The van der Waals surface area contributed by atoms with Gasteiger partial charge in [0.25, 0.3) is 0 Å². The summed E-state index contributed by atoms with van der Waals surface area (Å²) in [6, 6.07) is 0. The summed E-state index contributed by atoms with van der Waals surface area (Å²) in [4.78, 5) is 22.5. The second-order valence-electron chi connectivity index (χ2n) is 3.83. The Kier molecular flexibility index (Phi) is 5.93. The predicted molar refractivity (Wildman–Crippen MR) is 59.4 cm³/mol. The number of likely N-dealkylation sites (N-methyl/N-ethyl adjacent to an activating group) is 1. The molecule has 2 amide bonds. The van der Waals surface area contributed by atoms with Crippen LogP contribution in [0.25, 0.3) is 0 Å². The van der Waals surface area contributed by atoms with Crippen LogP contribution in [0.15, 0.2) is 0 Å². The molecule has 0 rings (SSSR count). The Bertz CT molecular complexity index is 227. The molecule has 15 heavy (non-hydrogen) atoms. The molecule has 0 aliphatic carbocycles. The van der Waals surface area contributed by atoms with Crippen LogP contribution in [0.3, 0.4) is 0 Å². The molecule has 0 aliphatic rings. The molecule has 0 radical (unpaired) electrons. The summed E-state index contributed by atoms with van der Waals surface area (Å²) < 4.78 is 0. The average Bonchev–Trinajstić information content (AvgIpc) is 2.17. The van der Waals surface area contributed by atoms with Crippen molar-refractivity contribution in [3.8, 4) is 0 Å². The van der Waals surface area contributed by atoms with E-state index in [1.165, 1.54) is 0 Å². The Morgan fingerprint density at radius 2 is 1.87 bits per heavy atom. The first-order valence-electron chi connectivity index (χ1n) is 5.18. The van der Waals surface area contributed by atoms with Crippen molar-refractivity contribution in [2.45, 2.75) is 32.7 Å². The molecule has 0 atom stereocenters. The first-order chi connectivity index (χ1) is 6.94. The molecular formula is C10H21N3O2. The highest BCUT2D eigenvalue weighted by Gasteiger charge is 2.25. The van der Waals surface area contributed by atoms with Crippen LogP contribution in [0.4, 0.5) is 0 Å². The van der Waals surface area contributed by atoms with Crippen LogP contribution < -0.4 is 16.0 Å². The molecule has 5 nitrogen and oxygen atoms in total. The molecule has 0 aromatic rings.